The molecule has 6 heteroatoms. The molecule has 6 nitrogen and oxygen atoms in total. The predicted octanol–water partition coefficient (Wildman–Crippen LogP) is 13.3. The monoisotopic (exact) mass is 792 g/mol. The Labute approximate surface area is 360 Å². The van der Waals surface area contributed by atoms with E-state index in [0.717, 1.165) is 55.6 Å². The van der Waals surface area contributed by atoms with Crippen LogP contribution in [-0.4, -0.2) is 11.7 Å². The van der Waals surface area contributed by atoms with Crippen LogP contribution >= 0.6 is 0 Å². The van der Waals surface area contributed by atoms with E-state index in [1.165, 1.54) is 21.5 Å². The fourth-order valence-electron chi connectivity index (χ4n) is 7.88. The molecule has 0 bridgehead atoms. The molecule has 290 valence electrons. The fraction of sp³-hybridized carbons (Fsp3) is 0.0179. The summed E-state index contributed by atoms with van der Waals surface area (Å²) in [5, 5.41) is 23.5. The van der Waals surface area contributed by atoms with Gasteiger partial charge in [0.1, 0.15) is 5.84 Å². The third kappa shape index (κ3) is 7.82. The predicted molar refractivity (Wildman–Crippen MR) is 253 cm³/mol. The van der Waals surface area contributed by atoms with Crippen LogP contribution in [0.1, 0.15) is 27.8 Å². The molecule has 0 radical (unpaired) electrons. The van der Waals surface area contributed by atoms with E-state index in [-0.39, 0.29) is 5.84 Å². The molecule has 0 saturated carbocycles. The van der Waals surface area contributed by atoms with Crippen LogP contribution < -0.4 is 5.73 Å². The van der Waals surface area contributed by atoms with Crippen LogP contribution in [0, 0.1) is 29.2 Å². The number of aliphatic imine (C=N–C) groups is 2. The molecule has 0 unspecified atom stereocenters. The van der Waals surface area contributed by atoms with E-state index >= 15 is 0 Å². The van der Waals surface area contributed by atoms with Gasteiger partial charge in [-0.25, -0.2) is 9.84 Å². The highest BCUT2D eigenvalue weighted by molar-refractivity contribution is 6.11. The maximum atomic E-state index is 9.36. The zero-order valence-corrected chi connectivity index (χ0v) is 33.5. The maximum Gasteiger partial charge on any atom is 0.202 e. The Kier molecular flexibility index (Phi) is 10.7. The van der Waals surface area contributed by atoms with Crippen molar-refractivity contribution < 1.29 is 0 Å². The number of para-hydroxylation sites is 1. The van der Waals surface area contributed by atoms with Crippen molar-refractivity contribution in [1.82, 2.24) is 0 Å². The highest BCUT2D eigenvalue weighted by Crippen LogP contribution is 2.43. The first-order valence-electron chi connectivity index (χ1n) is 20.1. The van der Waals surface area contributed by atoms with Crippen molar-refractivity contribution >= 4 is 38.9 Å². The lowest BCUT2D eigenvalue weighted by Gasteiger charge is -2.15. The van der Waals surface area contributed by atoms with Gasteiger partial charge in [0.2, 0.25) is 5.69 Å². The largest absolute Gasteiger partial charge is 0.383 e. The Hall–Kier alpha value is -8.89. The molecule has 0 aromatic heterocycles. The number of hydrogen-bond donors (Lipinski definition) is 1. The van der Waals surface area contributed by atoms with E-state index in [4.69, 9.17) is 22.3 Å². The van der Waals surface area contributed by atoms with E-state index < -0.39 is 0 Å². The molecule has 0 heterocycles. The molecular weight excluding hydrogens is 757 g/mol. The first kappa shape index (κ1) is 38.6. The number of rotatable bonds is 8. The Morgan fingerprint density at radius 2 is 1.08 bits per heavy atom. The standard InChI is InChI=1S/C56H36N6/c1-60-54-51(46-10-6-9-44(32-46)45-30-31-50-47(33-45)29-28-40-8-2-3-11-48(40)50)14-7-15-53(54)52-13-5-4-12-49(52)41-22-20-39(21-23-41)36-61-56(43-26-18-38(35-58)19-27-43)62-55(59)42-24-16-37(34-57)17-25-42/h2-33H,36H2,(H2,59,61,62). The molecule has 9 rings (SSSR count). The van der Waals surface area contributed by atoms with Crippen LogP contribution in [0.25, 0.3) is 70.9 Å². The summed E-state index contributed by atoms with van der Waals surface area (Å²) in [5.41, 5.74) is 18.4. The number of nitriles is 2. The molecule has 0 aliphatic heterocycles. The summed E-state index contributed by atoms with van der Waals surface area (Å²) in [6, 6.07) is 68.8. The zero-order valence-electron chi connectivity index (χ0n) is 33.5. The van der Waals surface area contributed by atoms with Crippen LogP contribution in [0.5, 0.6) is 0 Å². The lowest BCUT2D eigenvalue weighted by Crippen LogP contribution is -2.16. The molecule has 0 aliphatic carbocycles. The quantitative estimate of drug-likeness (QED) is 0.0717. The van der Waals surface area contributed by atoms with Crippen molar-refractivity contribution in [3.63, 3.8) is 0 Å². The summed E-state index contributed by atoms with van der Waals surface area (Å²) in [5.74, 6) is 0.688. The Balaban J connectivity index is 1.01. The average Bonchev–Trinajstić information content (AvgIpc) is 3.35. The van der Waals surface area contributed by atoms with Crippen molar-refractivity contribution in [3.05, 3.63) is 233 Å². The summed E-state index contributed by atoms with van der Waals surface area (Å²) in [6.45, 7) is 8.78. The van der Waals surface area contributed by atoms with Crippen molar-refractivity contribution in [1.29, 1.82) is 10.5 Å². The number of fused-ring (bicyclic) bond motifs is 3. The van der Waals surface area contributed by atoms with Crippen molar-refractivity contribution in [2.75, 3.05) is 0 Å². The fourth-order valence-corrected chi connectivity index (χ4v) is 7.88. The lowest BCUT2D eigenvalue weighted by atomic mass is 9.90. The van der Waals surface area contributed by atoms with E-state index in [1.54, 1.807) is 36.4 Å². The normalized spacial score (nSPS) is 11.5. The molecule has 0 amide bonds. The Bertz CT molecular complexity index is 3340. The van der Waals surface area contributed by atoms with Crippen LogP contribution in [0.3, 0.4) is 0 Å². The van der Waals surface area contributed by atoms with Crippen LogP contribution in [0.15, 0.2) is 204 Å². The third-order valence-corrected chi connectivity index (χ3v) is 11.1. The van der Waals surface area contributed by atoms with E-state index in [1.807, 2.05) is 54.6 Å². The number of nitrogens with two attached hydrogens (primary N) is 1. The summed E-state index contributed by atoms with van der Waals surface area (Å²) >= 11 is 0. The Morgan fingerprint density at radius 3 is 1.82 bits per heavy atom. The molecule has 0 atom stereocenters. The molecule has 9 aromatic rings. The van der Waals surface area contributed by atoms with E-state index in [9.17, 15) is 10.5 Å². The summed E-state index contributed by atoms with van der Waals surface area (Å²) < 4.78 is 0. The molecule has 2 N–H and O–H groups in total. The van der Waals surface area contributed by atoms with Gasteiger partial charge in [-0.1, -0.05) is 133 Å². The van der Waals surface area contributed by atoms with E-state index in [2.05, 4.69) is 120 Å². The SMILES string of the molecule is [C-]#[N+]c1c(-c2cccc(-c3ccc4c(ccc5ccccc54)c3)c2)cccc1-c1ccccc1-c1ccc(CN=C(N=C(N)c2ccc(C#N)cc2)c2ccc(C#N)cc2)cc1. The summed E-state index contributed by atoms with van der Waals surface area (Å²) in [7, 11) is 0. The lowest BCUT2D eigenvalue weighted by molar-refractivity contribution is 1.06. The van der Waals surface area contributed by atoms with Gasteiger partial charge in [0.15, 0.2) is 5.84 Å². The first-order valence-corrected chi connectivity index (χ1v) is 20.1. The molecule has 0 aliphatic rings. The van der Waals surface area contributed by atoms with Crippen LogP contribution in [-0.2, 0) is 6.54 Å². The minimum absolute atomic E-state index is 0.263. The number of amidine groups is 2. The van der Waals surface area contributed by atoms with Crippen molar-refractivity contribution in [2.45, 2.75) is 6.54 Å². The molecule has 0 spiro atoms. The minimum atomic E-state index is 0.263. The van der Waals surface area contributed by atoms with Crippen LogP contribution in [0.2, 0.25) is 0 Å². The van der Waals surface area contributed by atoms with Gasteiger partial charge in [-0.05, 0) is 132 Å². The first-order chi connectivity index (χ1) is 30.5. The smallest absolute Gasteiger partial charge is 0.202 e. The summed E-state index contributed by atoms with van der Waals surface area (Å²) in [4.78, 5) is 13.7. The highest BCUT2D eigenvalue weighted by Gasteiger charge is 2.16. The van der Waals surface area contributed by atoms with Gasteiger partial charge >= 0.3 is 0 Å². The van der Waals surface area contributed by atoms with Gasteiger partial charge in [0.05, 0.1) is 36.4 Å². The third-order valence-electron chi connectivity index (χ3n) is 11.1. The van der Waals surface area contributed by atoms with Crippen molar-refractivity contribution in [2.24, 2.45) is 15.7 Å². The van der Waals surface area contributed by atoms with Crippen LogP contribution in [0.4, 0.5) is 5.69 Å². The molecular formula is C56H36N6. The Morgan fingerprint density at radius 1 is 0.500 bits per heavy atom. The highest BCUT2D eigenvalue weighted by atomic mass is 15.0. The maximum absolute atomic E-state index is 9.36. The topological polar surface area (TPSA) is 103 Å². The zero-order chi connectivity index (χ0) is 42.4. The van der Waals surface area contributed by atoms with Crippen molar-refractivity contribution in [3.8, 4) is 56.6 Å². The molecule has 0 fully saturated rings. The van der Waals surface area contributed by atoms with Gasteiger partial charge in [0, 0.05) is 11.1 Å². The second kappa shape index (κ2) is 17.1. The van der Waals surface area contributed by atoms with E-state index in [0.29, 0.717) is 34.8 Å². The number of nitrogens with zero attached hydrogens (tertiary/aromatic N) is 5. The summed E-state index contributed by atoms with van der Waals surface area (Å²) in [6.07, 6.45) is 0. The second-order valence-electron chi connectivity index (χ2n) is 14.9. The van der Waals surface area contributed by atoms with Gasteiger partial charge in [0.25, 0.3) is 0 Å². The van der Waals surface area contributed by atoms with Gasteiger partial charge in [-0.3, -0.25) is 4.99 Å². The minimum Gasteiger partial charge on any atom is -0.383 e. The van der Waals surface area contributed by atoms with Gasteiger partial charge in [-0.15, -0.1) is 0 Å². The molecule has 0 saturated heterocycles. The number of benzene rings is 9. The second-order valence-corrected chi connectivity index (χ2v) is 14.9. The average molecular weight is 793 g/mol. The molecule has 62 heavy (non-hydrogen) atoms. The van der Waals surface area contributed by atoms with Gasteiger partial charge < -0.3 is 5.73 Å². The van der Waals surface area contributed by atoms with Gasteiger partial charge in [-0.2, -0.15) is 10.5 Å². The number of hydrogen-bond acceptors (Lipinski definition) is 3. The molecule has 9 aromatic carbocycles.